The van der Waals surface area contributed by atoms with E-state index in [2.05, 4.69) is 15.0 Å². The Labute approximate surface area is 200 Å². The first kappa shape index (κ1) is 26.4. The van der Waals surface area contributed by atoms with E-state index in [1.54, 1.807) is 37.3 Å². The van der Waals surface area contributed by atoms with Crippen molar-refractivity contribution in [2.24, 2.45) is 0 Å². The van der Waals surface area contributed by atoms with Gasteiger partial charge in [-0.25, -0.2) is 9.18 Å². The predicted octanol–water partition coefficient (Wildman–Crippen LogP) is 3.74. The molecule has 1 aliphatic rings. The number of methoxy groups -OCH3 is 1. The molecule has 186 valence electrons. The van der Waals surface area contributed by atoms with Crippen molar-refractivity contribution in [2.75, 3.05) is 12.4 Å². The third-order valence-electron chi connectivity index (χ3n) is 5.62. The van der Waals surface area contributed by atoms with E-state index in [-0.39, 0.29) is 26.9 Å². The quantitative estimate of drug-likeness (QED) is 0.531. The highest BCUT2D eigenvalue weighted by molar-refractivity contribution is 7.29. The van der Waals surface area contributed by atoms with E-state index in [0.29, 0.717) is 5.56 Å². The number of carbonyl (C=O) groups is 1. The summed E-state index contributed by atoms with van der Waals surface area (Å²) in [7, 11) is 1.29. The number of hydrogen-bond donors (Lipinski definition) is 1. The predicted molar refractivity (Wildman–Crippen MR) is 129 cm³/mol. The molecule has 2 unspecified atom stereocenters. The molecule has 3 rings (SSSR count). The summed E-state index contributed by atoms with van der Waals surface area (Å²) >= 11 is 0. The standard InChI is InChI=1S/C23H32FN4O5P/c1-14(2)28(15(3)4)34-33-19-18(24)21(32-23(19,5)31-6)27-13-12-17(26-22(27)30)25-20(29)16-10-8-7-9-11-16/h7-15,18-19,21,34H,1-6H3,(H,25,26,29,30)/t18-,19?,21+,23-/m0/s1. The van der Waals surface area contributed by atoms with E-state index in [1.165, 1.54) is 19.4 Å². The van der Waals surface area contributed by atoms with Crippen LogP contribution in [-0.2, 0) is 14.0 Å². The normalized spacial score (nSPS) is 25.2. The Bertz CT molecular complexity index is 1030. The Morgan fingerprint density at radius 3 is 2.44 bits per heavy atom. The lowest BCUT2D eigenvalue weighted by Gasteiger charge is -2.33. The summed E-state index contributed by atoms with van der Waals surface area (Å²) in [6, 6.07) is 10.4. The zero-order valence-corrected chi connectivity index (χ0v) is 21.2. The van der Waals surface area contributed by atoms with Gasteiger partial charge in [-0.2, -0.15) is 4.98 Å². The van der Waals surface area contributed by atoms with Gasteiger partial charge in [-0.3, -0.25) is 14.0 Å². The van der Waals surface area contributed by atoms with E-state index in [4.69, 9.17) is 14.0 Å². The van der Waals surface area contributed by atoms with Crippen molar-refractivity contribution < 1.29 is 23.2 Å². The molecule has 1 aromatic carbocycles. The second-order valence-corrected chi connectivity index (χ2v) is 9.65. The molecule has 5 atom stereocenters. The van der Waals surface area contributed by atoms with Crippen LogP contribution in [0.1, 0.15) is 51.2 Å². The van der Waals surface area contributed by atoms with Crippen LogP contribution in [-0.4, -0.2) is 57.4 Å². The monoisotopic (exact) mass is 494 g/mol. The topological polar surface area (TPSA) is 94.9 Å². The summed E-state index contributed by atoms with van der Waals surface area (Å²) in [5.41, 5.74) is -0.351. The van der Waals surface area contributed by atoms with E-state index in [9.17, 15) is 9.59 Å². The van der Waals surface area contributed by atoms with Crippen molar-refractivity contribution >= 4 is 20.7 Å². The number of halogens is 1. The molecule has 0 saturated carbocycles. The van der Waals surface area contributed by atoms with Crippen molar-refractivity contribution in [1.82, 2.24) is 14.2 Å². The molecule has 11 heteroatoms. The number of rotatable bonds is 9. The average molecular weight is 495 g/mol. The molecule has 1 aliphatic heterocycles. The molecule has 1 saturated heterocycles. The Morgan fingerprint density at radius 1 is 1.24 bits per heavy atom. The molecule has 1 fully saturated rings. The molecule has 1 N–H and O–H groups in total. The maximum Gasteiger partial charge on any atom is 0.351 e. The van der Waals surface area contributed by atoms with Crippen LogP contribution in [0.3, 0.4) is 0 Å². The molecule has 0 radical (unpaired) electrons. The Morgan fingerprint density at radius 2 is 1.88 bits per heavy atom. The van der Waals surface area contributed by atoms with Gasteiger partial charge in [0, 0.05) is 31.0 Å². The molecule has 1 amide bonds. The number of amides is 1. The van der Waals surface area contributed by atoms with E-state index < -0.39 is 35.9 Å². The van der Waals surface area contributed by atoms with Crippen LogP contribution in [0.2, 0.25) is 0 Å². The van der Waals surface area contributed by atoms with Crippen molar-refractivity contribution in [3.8, 4) is 0 Å². The minimum atomic E-state index is -1.69. The van der Waals surface area contributed by atoms with Crippen LogP contribution in [0.4, 0.5) is 10.2 Å². The molecular weight excluding hydrogens is 462 g/mol. The Kier molecular flexibility index (Phi) is 8.54. The van der Waals surface area contributed by atoms with E-state index in [1.807, 2.05) is 27.7 Å². The Hall–Kier alpha value is -2.23. The van der Waals surface area contributed by atoms with Crippen LogP contribution in [0.25, 0.3) is 0 Å². The number of hydrogen-bond acceptors (Lipinski definition) is 7. The van der Waals surface area contributed by atoms with Gasteiger partial charge in [0.15, 0.2) is 24.3 Å². The molecular formula is C23H32FN4O5P. The van der Waals surface area contributed by atoms with Crippen LogP contribution < -0.4 is 11.0 Å². The lowest BCUT2D eigenvalue weighted by molar-refractivity contribution is -0.237. The third kappa shape index (κ3) is 5.70. The number of nitrogens with one attached hydrogen (secondary N) is 1. The maximum atomic E-state index is 15.6. The van der Waals surface area contributed by atoms with Crippen molar-refractivity contribution in [2.45, 2.75) is 71.0 Å². The molecule has 0 bridgehead atoms. The highest BCUT2D eigenvalue weighted by atomic mass is 31.1. The number of nitrogens with zero attached hydrogens (tertiary/aromatic N) is 3. The minimum Gasteiger partial charge on any atom is -0.351 e. The second-order valence-electron chi connectivity index (χ2n) is 8.72. The first-order valence-electron chi connectivity index (χ1n) is 11.1. The van der Waals surface area contributed by atoms with E-state index >= 15 is 4.39 Å². The summed E-state index contributed by atoms with van der Waals surface area (Å²) in [6.07, 6.45) is -2.72. The molecule has 2 heterocycles. The highest BCUT2D eigenvalue weighted by Crippen LogP contribution is 2.44. The number of carbonyl (C=O) groups excluding carboxylic acids is 1. The van der Waals surface area contributed by atoms with E-state index in [0.717, 1.165) is 4.57 Å². The summed E-state index contributed by atoms with van der Waals surface area (Å²) in [6.45, 7) is 9.73. The van der Waals surface area contributed by atoms with Crippen LogP contribution >= 0.6 is 8.96 Å². The zero-order valence-electron chi connectivity index (χ0n) is 20.2. The number of ether oxygens (including phenoxy) is 2. The van der Waals surface area contributed by atoms with Crippen molar-refractivity contribution in [3.63, 3.8) is 0 Å². The molecule has 0 aliphatic carbocycles. The number of benzene rings is 1. The summed E-state index contributed by atoms with van der Waals surface area (Å²) in [4.78, 5) is 28.9. The third-order valence-corrected chi connectivity index (χ3v) is 7.22. The van der Waals surface area contributed by atoms with Crippen LogP contribution in [0, 0.1) is 0 Å². The van der Waals surface area contributed by atoms with Gasteiger partial charge in [0.25, 0.3) is 5.91 Å². The average Bonchev–Trinajstić information content (AvgIpc) is 3.05. The minimum absolute atomic E-state index is 0.0526. The molecule has 2 aromatic rings. The first-order chi connectivity index (χ1) is 16.1. The van der Waals surface area contributed by atoms with Gasteiger partial charge in [-0.1, -0.05) is 18.2 Å². The van der Waals surface area contributed by atoms with Gasteiger partial charge in [0.05, 0.1) is 8.96 Å². The van der Waals surface area contributed by atoms with Gasteiger partial charge in [0.2, 0.25) is 0 Å². The zero-order chi connectivity index (χ0) is 25.0. The SMILES string of the molecule is CO[C@@]1(C)O[C@@H](n2ccc(NC(=O)c3ccccc3)nc2=O)[C@@H](F)C1OPN(C(C)C)C(C)C. The smallest absolute Gasteiger partial charge is 0.351 e. The lowest BCUT2D eigenvalue weighted by atomic mass is 10.1. The fourth-order valence-electron chi connectivity index (χ4n) is 3.74. The second kappa shape index (κ2) is 11.0. The van der Waals surface area contributed by atoms with Gasteiger partial charge in [-0.15, -0.1) is 0 Å². The largest absolute Gasteiger partial charge is 0.351 e. The lowest BCUT2D eigenvalue weighted by Crippen LogP contribution is -2.42. The number of anilines is 1. The first-order valence-corrected chi connectivity index (χ1v) is 11.9. The van der Waals surface area contributed by atoms with Crippen molar-refractivity contribution in [1.29, 1.82) is 0 Å². The van der Waals surface area contributed by atoms with Gasteiger partial charge in [-0.05, 0) is 52.8 Å². The molecule has 34 heavy (non-hydrogen) atoms. The highest BCUT2D eigenvalue weighted by Gasteiger charge is 2.56. The fourth-order valence-corrected chi connectivity index (χ4v) is 4.74. The molecule has 1 aromatic heterocycles. The molecule has 0 spiro atoms. The maximum absolute atomic E-state index is 15.6. The number of alkyl halides is 1. The summed E-state index contributed by atoms with van der Waals surface area (Å²) in [5.74, 6) is -1.76. The summed E-state index contributed by atoms with van der Waals surface area (Å²) in [5, 5.41) is 2.57. The number of aromatic nitrogens is 2. The fraction of sp³-hybridized carbons (Fsp3) is 0.522. The Balaban J connectivity index is 1.77. The van der Waals surface area contributed by atoms with Crippen LogP contribution in [0.5, 0.6) is 0 Å². The van der Waals surface area contributed by atoms with Crippen molar-refractivity contribution in [3.05, 3.63) is 58.6 Å². The van der Waals surface area contributed by atoms with Gasteiger partial charge < -0.3 is 19.3 Å². The summed E-state index contributed by atoms with van der Waals surface area (Å²) < 4.78 is 36.0. The van der Waals surface area contributed by atoms with Gasteiger partial charge >= 0.3 is 5.69 Å². The van der Waals surface area contributed by atoms with Gasteiger partial charge in [0.1, 0.15) is 5.82 Å². The molecule has 9 nitrogen and oxygen atoms in total. The van der Waals surface area contributed by atoms with Crippen LogP contribution in [0.15, 0.2) is 47.4 Å².